The van der Waals surface area contributed by atoms with Crippen molar-refractivity contribution in [2.45, 2.75) is 52.4 Å². The van der Waals surface area contributed by atoms with Crippen LogP contribution in [0.5, 0.6) is 0 Å². The molecule has 0 aromatic heterocycles. The predicted molar refractivity (Wildman–Crippen MR) is 97.9 cm³/mol. The van der Waals surface area contributed by atoms with E-state index in [4.69, 9.17) is 21.1 Å². The molecule has 0 amide bonds. The summed E-state index contributed by atoms with van der Waals surface area (Å²) in [4.78, 5) is 28.5. The molecular weight excluding hydrogens is 354 g/mol. The molecule has 3 unspecified atom stereocenters. The minimum absolute atomic E-state index is 0.146. The lowest BCUT2D eigenvalue weighted by Gasteiger charge is -2.56. The quantitative estimate of drug-likeness (QED) is 0.511. The van der Waals surface area contributed by atoms with E-state index in [9.17, 15) is 9.59 Å². The summed E-state index contributed by atoms with van der Waals surface area (Å²) in [5.41, 5.74) is 0.619. The molecule has 0 bridgehead atoms. The van der Waals surface area contributed by atoms with Crippen LogP contribution >= 0.6 is 11.6 Å². The summed E-state index contributed by atoms with van der Waals surface area (Å²) in [6.45, 7) is 8.25. The van der Waals surface area contributed by atoms with Crippen LogP contribution in [0.1, 0.15) is 39.7 Å². The number of rotatable bonds is 0. The lowest BCUT2D eigenvalue weighted by molar-refractivity contribution is -0.254. The van der Waals surface area contributed by atoms with Gasteiger partial charge in [-0.05, 0) is 36.0 Å². The molecule has 1 spiro atoms. The van der Waals surface area contributed by atoms with Crippen molar-refractivity contribution < 1.29 is 19.1 Å². The normalized spacial score (nSPS) is 31.7. The highest BCUT2D eigenvalue weighted by Crippen LogP contribution is 2.52. The summed E-state index contributed by atoms with van der Waals surface area (Å²) in [6, 6.07) is 5.35. The molecule has 0 N–H and O–H groups in total. The molecule has 2 saturated heterocycles. The van der Waals surface area contributed by atoms with Crippen LogP contribution < -0.4 is 4.90 Å². The fourth-order valence-electron chi connectivity index (χ4n) is 5.07. The Balaban J connectivity index is 1.90. The maximum absolute atomic E-state index is 13.2. The summed E-state index contributed by atoms with van der Waals surface area (Å²) in [5.74, 6) is -1.58. The Morgan fingerprint density at radius 3 is 2.46 bits per heavy atom. The first-order valence-corrected chi connectivity index (χ1v) is 9.54. The summed E-state index contributed by atoms with van der Waals surface area (Å²) in [7, 11) is 0. The zero-order chi connectivity index (χ0) is 18.9. The number of hydrogen-bond donors (Lipinski definition) is 0. The standard InChI is InChI=1S/C20H24ClNO4/c1-11-7-12(2)16-20(17(23)25-19(3,4)26-18(20)24)9-13-5-6-14(21)8-15(13)22(16)10-11/h5-6,8,11-12,16H,7,9-10H2,1-4H3. The van der Waals surface area contributed by atoms with Crippen molar-refractivity contribution in [2.24, 2.45) is 17.3 Å². The predicted octanol–water partition coefficient (Wildman–Crippen LogP) is 3.57. The van der Waals surface area contributed by atoms with Crippen molar-refractivity contribution in [2.75, 3.05) is 11.4 Å². The van der Waals surface area contributed by atoms with Crippen LogP contribution in [-0.2, 0) is 25.5 Å². The van der Waals surface area contributed by atoms with Crippen molar-refractivity contribution in [1.82, 2.24) is 0 Å². The maximum Gasteiger partial charge on any atom is 0.329 e. The van der Waals surface area contributed by atoms with Crippen LogP contribution in [0.2, 0.25) is 5.02 Å². The first kappa shape index (κ1) is 17.7. The third-order valence-electron chi connectivity index (χ3n) is 5.89. The Morgan fingerprint density at radius 2 is 1.81 bits per heavy atom. The average molecular weight is 378 g/mol. The van der Waals surface area contributed by atoms with Gasteiger partial charge in [0.2, 0.25) is 0 Å². The Bertz CT molecular complexity index is 770. The molecule has 0 aliphatic carbocycles. The summed E-state index contributed by atoms with van der Waals surface area (Å²) in [6.07, 6.45) is 1.23. The molecule has 3 heterocycles. The van der Waals surface area contributed by atoms with Gasteiger partial charge in [-0.15, -0.1) is 0 Å². The van der Waals surface area contributed by atoms with Crippen LogP contribution in [-0.4, -0.2) is 30.3 Å². The number of carbonyl (C=O) groups excluding carboxylic acids is 2. The molecule has 0 saturated carbocycles. The first-order valence-electron chi connectivity index (χ1n) is 9.16. The number of piperidine rings is 1. The monoisotopic (exact) mass is 377 g/mol. The number of anilines is 1. The summed E-state index contributed by atoms with van der Waals surface area (Å²) >= 11 is 6.24. The van der Waals surface area contributed by atoms with Gasteiger partial charge in [-0.25, -0.2) is 0 Å². The van der Waals surface area contributed by atoms with Gasteiger partial charge in [0.05, 0.1) is 6.04 Å². The van der Waals surface area contributed by atoms with Crippen molar-refractivity contribution >= 4 is 29.2 Å². The SMILES string of the molecule is CC1CC(C)C2N(C1)c1cc(Cl)ccc1CC21C(=O)OC(C)(C)OC1=O. The number of nitrogens with zero attached hydrogens (tertiary/aromatic N) is 1. The Morgan fingerprint density at radius 1 is 1.15 bits per heavy atom. The Labute approximate surface area is 158 Å². The van der Waals surface area contributed by atoms with E-state index in [2.05, 4.69) is 18.7 Å². The number of halogens is 1. The molecule has 26 heavy (non-hydrogen) atoms. The smallest absolute Gasteiger partial charge is 0.329 e. The van der Waals surface area contributed by atoms with E-state index in [0.29, 0.717) is 10.9 Å². The van der Waals surface area contributed by atoms with Crippen LogP contribution in [0.25, 0.3) is 0 Å². The number of benzene rings is 1. The van der Waals surface area contributed by atoms with Gasteiger partial charge >= 0.3 is 11.9 Å². The number of ether oxygens (including phenoxy) is 2. The molecule has 1 aromatic carbocycles. The van der Waals surface area contributed by atoms with Gasteiger partial charge in [-0.2, -0.15) is 0 Å². The largest absolute Gasteiger partial charge is 0.422 e. The lowest BCUT2D eigenvalue weighted by atomic mass is 9.63. The van der Waals surface area contributed by atoms with Gasteiger partial charge in [0, 0.05) is 37.5 Å². The second-order valence-electron chi connectivity index (χ2n) is 8.52. The molecule has 4 rings (SSSR count). The number of esters is 2. The van der Waals surface area contributed by atoms with E-state index in [1.165, 1.54) is 0 Å². The molecule has 140 valence electrons. The number of fused-ring (bicyclic) bond motifs is 4. The molecule has 3 atom stereocenters. The van der Waals surface area contributed by atoms with Crippen molar-refractivity contribution in [3.63, 3.8) is 0 Å². The third kappa shape index (κ3) is 2.43. The van der Waals surface area contributed by atoms with Crippen molar-refractivity contribution in [1.29, 1.82) is 0 Å². The summed E-state index contributed by atoms with van der Waals surface area (Å²) < 4.78 is 11.1. The third-order valence-corrected chi connectivity index (χ3v) is 6.13. The van der Waals surface area contributed by atoms with Crippen molar-refractivity contribution in [3.8, 4) is 0 Å². The highest BCUT2D eigenvalue weighted by atomic mass is 35.5. The second-order valence-corrected chi connectivity index (χ2v) is 8.95. The topological polar surface area (TPSA) is 55.8 Å². The molecule has 6 heteroatoms. The fourth-order valence-corrected chi connectivity index (χ4v) is 5.24. The van der Waals surface area contributed by atoms with Crippen LogP contribution in [0.4, 0.5) is 5.69 Å². The minimum Gasteiger partial charge on any atom is -0.422 e. The highest BCUT2D eigenvalue weighted by Gasteiger charge is 2.65. The number of carbonyl (C=O) groups is 2. The molecule has 5 nitrogen and oxygen atoms in total. The zero-order valence-corrected chi connectivity index (χ0v) is 16.3. The van der Waals surface area contributed by atoms with Gasteiger partial charge in [-0.3, -0.25) is 9.59 Å². The average Bonchev–Trinajstić information content (AvgIpc) is 2.51. The first-order chi connectivity index (χ1) is 12.1. The van der Waals surface area contributed by atoms with Crippen LogP contribution in [0, 0.1) is 17.3 Å². The maximum atomic E-state index is 13.2. The second kappa shape index (κ2) is 5.62. The molecule has 2 fully saturated rings. The summed E-state index contributed by atoms with van der Waals surface area (Å²) in [5, 5.41) is 0.652. The number of hydrogen-bond acceptors (Lipinski definition) is 5. The van der Waals surface area contributed by atoms with Gasteiger partial charge in [0.15, 0.2) is 5.41 Å². The van der Waals surface area contributed by atoms with Gasteiger partial charge in [-0.1, -0.05) is 31.5 Å². The van der Waals surface area contributed by atoms with E-state index in [1.54, 1.807) is 19.9 Å². The van der Waals surface area contributed by atoms with E-state index in [-0.39, 0.29) is 18.4 Å². The van der Waals surface area contributed by atoms with Gasteiger partial charge in [0.1, 0.15) is 0 Å². The van der Waals surface area contributed by atoms with Gasteiger partial charge < -0.3 is 14.4 Å². The van der Waals surface area contributed by atoms with E-state index in [0.717, 1.165) is 24.2 Å². The Kier molecular flexibility index (Phi) is 3.82. The zero-order valence-electron chi connectivity index (χ0n) is 15.5. The van der Waals surface area contributed by atoms with Crippen LogP contribution in [0.15, 0.2) is 18.2 Å². The molecule has 3 aliphatic rings. The fraction of sp³-hybridized carbons (Fsp3) is 0.600. The molecular formula is C20H24ClNO4. The van der Waals surface area contributed by atoms with Crippen LogP contribution in [0.3, 0.4) is 0 Å². The number of cyclic esters (lactones) is 2. The highest BCUT2D eigenvalue weighted by molar-refractivity contribution is 6.30. The molecule has 1 aromatic rings. The van der Waals surface area contributed by atoms with E-state index < -0.39 is 23.1 Å². The van der Waals surface area contributed by atoms with Gasteiger partial charge in [0.25, 0.3) is 5.79 Å². The lowest BCUT2D eigenvalue weighted by Crippen LogP contribution is -2.69. The van der Waals surface area contributed by atoms with E-state index >= 15 is 0 Å². The molecule has 3 aliphatic heterocycles. The van der Waals surface area contributed by atoms with Crippen molar-refractivity contribution in [3.05, 3.63) is 28.8 Å². The molecule has 0 radical (unpaired) electrons. The van der Waals surface area contributed by atoms with E-state index in [1.807, 2.05) is 12.1 Å². The Hall–Kier alpha value is -1.75. The minimum atomic E-state index is -1.32.